The fourth-order valence-corrected chi connectivity index (χ4v) is 3.23. The molecule has 0 aliphatic carbocycles. The van der Waals surface area contributed by atoms with Gasteiger partial charge in [-0.15, -0.1) is 11.3 Å². The van der Waals surface area contributed by atoms with E-state index in [1.54, 1.807) is 11.3 Å². The van der Waals surface area contributed by atoms with Crippen molar-refractivity contribution >= 4 is 27.3 Å². The van der Waals surface area contributed by atoms with Gasteiger partial charge in [-0.05, 0) is 60.3 Å². The molecule has 0 bridgehead atoms. The first-order valence-electron chi connectivity index (χ1n) is 6.28. The Morgan fingerprint density at radius 2 is 2.12 bits per heavy atom. The molecule has 0 saturated carbocycles. The Hall–Kier alpha value is 0.1000. The quantitative estimate of drug-likeness (QED) is 0.766. The molecule has 17 heavy (non-hydrogen) atoms. The topological polar surface area (TPSA) is 38.0 Å². The van der Waals surface area contributed by atoms with Crippen molar-refractivity contribution < 1.29 is 0 Å². The average Bonchev–Trinajstić information content (AvgIpc) is 2.63. The predicted molar refractivity (Wildman–Crippen MR) is 80.4 cm³/mol. The summed E-state index contributed by atoms with van der Waals surface area (Å²) < 4.78 is 1.21. The maximum Gasteiger partial charge on any atom is 0.0701 e. The zero-order valence-corrected chi connectivity index (χ0v) is 13.1. The van der Waals surface area contributed by atoms with Gasteiger partial charge in [-0.3, -0.25) is 0 Å². The Labute approximate surface area is 117 Å². The molecule has 2 atom stereocenters. The maximum absolute atomic E-state index is 5.74. The highest BCUT2D eigenvalue weighted by Crippen LogP contribution is 2.21. The van der Waals surface area contributed by atoms with E-state index in [4.69, 9.17) is 5.73 Å². The van der Waals surface area contributed by atoms with Gasteiger partial charge in [-0.25, -0.2) is 0 Å². The first-order valence-corrected chi connectivity index (χ1v) is 7.89. The van der Waals surface area contributed by atoms with Gasteiger partial charge in [0.2, 0.25) is 0 Å². The van der Waals surface area contributed by atoms with E-state index in [-0.39, 0.29) is 0 Å². The lowest BCUT2D eigenvalue weighted by Crippen LogP contribution is -2.21. The molecule has 0 aromatic carbocycles. The summed E-state index contributed by atoms with van der Waals surface area (Å²) >= 11 is 5.28. The molecule has 0 amide bonds. The van der Waals surface area contributed by atoms with Gasteiger partial charge >= 0.3 is 0 Å². The maximum atomic E-state index is 5.74. The number of hydrogen-bond donors (Lipinski definition) is 2. The van der Waals surface area contributed by atoms with Crippen molar-refractivity contribution in [2.75, 3.05) is 6.54 Å². The molecule has 1 heterocycles. The van der Waals surface area contributed by atoms with Gasteiger partial charge in [-0.2, -0.15) is 0 Å². The van der Waals surface area contributed by atoms with E-state index < -0.39 is 0 Å². The fourth-order valence-electron chi connectivity index (χ4n) is 1.78. The van der Waals surface area contributed by atoms with E-state index in [1.165, 1.54) is 21.5 Å². The van der Waals surface area contributed by atoms with Gasteiger partial charge in [0.05, 0.1) is 3.79 Å². The molecule has 1 aromatic heterocycles. The summed E-state index contributed by atoms with van der Waals surface area (Å²) in [6.07, 6.45) is 3.65. The lowest BCUT2D eigenvalue weighted by Gasteiger charge is -2.12. The van der Waals surface area contributed by atoms with Crippen LogP contribution in [0.5, 0.6) is 0 Å². The smallest absolute Gasteiger partial charge is 0.0701 e. The third-order valence-corrected chi connectivity index (χ3v) is 4.40. The van der Waals surface area contributed by atoms with E-state index in [9.17, 15) is 0 Å². The number of hydrogen-bond acceptors (Lipinski definition) is 3. The lowest BCUT2D eigenvalue weighted by molar-refractivity contribution is 0.449. The number of rotatable bonds is 8. The SMILES string of the molecule is CC(N)CCCC(C)CNCc1ccc(Br)s1. The summed E-state index contributed by atoms with van der Waals surface area (Å²) in [6.45, 7) is 6.46. The van der Waals surface area contributed by atoms with Gasteiger partial charge in [0.25, 0.3) is 0 Å². The summed E-state index contributed by atoms with van der Waals surface area (Å²) in [5.74, 6) is 0.733. The summed E-state index contributed by atoms with van der Waals surface area (Å²) in [5.41, 5.74) is 5.74. The molecule has 0 saturated heterocycles. The van der Waals surface area contributed by atoms with E-state index in [0.29, 0.717) is 6.04 Å². The first kappa shape index (κ1) is 15.2. The molecule has 2 unspecified atom stereocenters. The van der Waals surface area contributed by atoms with Crippen LogP contribution >= 0.6 is 27.3 Å². The zero-order valence-electron chi connectivity index (χ0n) is 10.7. The number of nitrogens with two attached hydrogens (primary N) is 1. The van der Waals surface area contributed by atoms with Crippen molar-refractivity contribution in [2.24, 2.45) is 11.7 Å². The molecule has 0 fully saturated rings. The van der Waals surface area contributed by atoms with Crippen LogP contribution in [0, 0.1) is 5.92 Å². The third kappa shape index (κ3) is 7.19. The Bertz CT molecular complexity index is 312. The van der Waals surface area contributed by atoms with Crippen LogP contribution in [0.25, 0.3) is 0 Å². The molecular weight excluding hydrogens is 296 g/mol. The molecule has 4 heteroatoms. The Balaban J connectivity index is 2.05. The summed E-state index contributed by atoms with van der Waals surface area (Å²) in [5, 5.41) is 3.51. The Morgan fingerprint density at radius 3 is 2.71 bits per heavy atom. The first-order chi connectivity index (χ1) is 8.08. The second kappa shape index (κ2) is 8.25. The van der Waals surface area contributed by atoms with E-state index in [1.807, 2.05) is 0 Å². The van der Waals surface area contributed by atoms with Gasteiger partial charge < -0.3 is 11.1 Å². The second-order valence-corrected chi connectivity index (χ2v) is 7.40. The Kier molecular flexibility index (Phi) is 7.35. The minimum absolute atomic E-state index is 0.346. The molecule has 0 spiro atoms. The normalized spacial score (nSPS) is 14.8. The zero-order chi connectivity index (χ0) is 12.7. The van der Waals surface area contributed by atoms with Crippen LogP contribution in [0.2, 0.25) is 0 Å². The molecule has 1 aromatic rings. The van der Waals surface area contributed by atoms with Crippen LogP contribution in [-0.4, -0.2) is 12.6 Å². The predicted octanol–water partition coefficient (Wildman–Crippen LogP) is 3.75. The van der Waals surface area contributed by atoms with Gasteiger partial charge in [0.15, 0.2) is 0 Å². The molecule has 2 nitrogen and oxygen atoms in total. The van der Waals surface area contributed by atoms with Crippen LogP contribution < -0.4 is 11.1 Å². The van der Waals surface area contributed by atoms with E-state index >= 15 is 0 Å². The van der Waals surface area contributed by atoms with Gasteiger partial charge in [0.1, 0.15) is 0 Å². The summed E-state index contributed by atoms with van der Waals surface area (Å²) in [6, 6.07) is 4.62. The minimum Gasteiger partial charge on any atom is -0.328 e. The highest BCUT2D eigenvalue weighted by molar-refractivity contribution is 9.11. The van der Waals surface area contributed by atoms with Crippen molar-refractivity contribution in [3.05, 3.63) is 20.8 Å². The van der Waals surface area contributed by atoms with Gasteiger partial charge in [0, 0.05) is 17.5 Å². The number of halogens is 1. The summed E-state index contributed by atoms with van der Waals surface area (Å²) in [7, 11) is 0. The highest BCUT2D eigenvalue weighted by atomic mass is 79.9. The van der Waals surface area contributed by atoms with Crippen molar-refractivity contribution in [3.8, 4) is 0 Å². The van der Waals surface area contributed by atoms with Crippen molar-refractivity contribution in [2.45, 2.75) is 45.7 Å². The second-order valence-electron chi connectivity index (χ2n) is 4.85. The largest absolute Gasteiger partial charge is 0.328 e. The molecule has 1 rings (SSSR count). The minimum atomic E-state index is 0.346. The monoisotopic (exact) mass is 318 g/mol. The highest BCUT2D eigenvalue weighted by Gasteiger charge is 2.03. The lowest BCUT2D eigenvalue weighted by atomic mass is 10.0. The molecule has 0 aliphatic heterocycles. The van der Waals surface area contributed by atoms with Crippen LogP contribution in [0.4, 0.5) is 0 Å². The summed E-state index contributed by atoms with van der Waals surface area (Å²) in [4.78, 5) is 1.39. The standard InChI is InChI=1S/C13H23BrN2S/c1-10(4-3-5-11(2)15)8-16-9-12-6-7-13(14)17-12/h6-7,10-11,16H,3-5,8-9,15H2,1-2H3. The van der Waals surface area contributed by atoms with Gasteiger partial charge in [-0.1, -0.05) is 13.3 Å². The molecule has 0 aliphatic rings. The van der Waals surface area contributed by atoms with Crippen LogP contribution in [0.1, 0.15) is 38.0 Å². The molecule has 0 radical (unpaired) electrons. The molecule has 98 valence electrons. The van der Waals surface area contributed by atoms with Crippen molar-refractivity contribution in [3.63, 3.8) is 0 Å². The number of nitrogens with one attached hydrogen (secondary N) is 1. The molecule has 3 N–H and O–H groups in total. The number of thiophene rings is 1. The van der Waals surface area contributed by atoms with Crippen LogP contribution in [0.15, 0.2) is 15.9 Å². The van der Waals surface area contributed by atoms with Crippen LogP contribution in [-0.2, 0) is 6.54 Å². The van der Waals surface area contributed by atoms with Crippen LogP contribution in [0.3, 0.4) is 0 Å². The van der Waals surface area contributed by atoms with Crippen molar-refractivity contribution in [1.29, 1.82) is 0 Å². The van der Waals surface area contributed by atoms with E-state index in [0.717, 1.165) is 25.4 Å². The molecular formula is C13H23BrN2S. The Morgan fingerprint density at radius 1 is 1.35 bits per heavy atom. The fraction of sp³-hybridized carbons (Fsp3) is 0.692. The third-order valence-electron chi connectivity index (χ3n) is 2.78. The average molecular weight is 319 g/mol. The van der Waals surface area contributed by atoms with E-state index in [2.05, 4.69) is 47.2 Å². The van der Waals surface area contributed by atoms with Crippen molar-refractivity contribution in [1.82, 2.24) is 5.32 Å².